The van der Waals surface area contributed by atoms with Gasteiger partial charge in [-0.15, -0.1) is 0 Å². The molecule has 3 rings (SSSR count). The fraction of sp³-hybridized carbons (Fsp3) is 0.222. The van der Waals surface area contributed by atoms with Crippen LogP contribution < -0.4 is 0 Å². The first kappa shape index (κ1) is 12.8. The second kappa shape index (κ2) is 4.41. The van der Waals surface area contributed by atoms with Crippen molar-refractivity contribution in [2.45, 2.75) is 26.7 Å². The van der Waals surface area contributed by atoms with Gasteiger partial charge in [-0.1, -0.05) is 50.2 Å². The van der Waals surface area contributed by atoms with Gasteiger partial charge in [-0.3, -0.25) is 9.59 Å². The van der Waals surface area contributed by atoms with Crippen LogP contribution in [0.15, 0.2) is 36.4 Å². The van der Waals surface area contributed by atoms with Gasteiger partial charge in [0.15, 0.2) is 11.6 Å². The summed E-state index contributed by atoms with van der Waals surface area (Å²) in [5.41, 5.74) is 4.06. The molecule has 0 N–H and O–H groups in total. The third kappa shape index (κ3) is 1.64. The van der Waals surface area contributed by atoms with E-state index in [-0.39, 0.29) is 17.5 Å². The van der Waals surface area contributed by atoms with Gasteiger partial charge in [0.1, 0.15) is 0 Å². The van der Waals surface area contributed by atoms with E-state index in [1.165, 1.54) is 0 Å². The summed E-state index contributed by atoms with van der Waals surface area (Å²) in [4.78, 5) is 25.5. The van der Waals surface area contributed by atoms with Gasteiger partial charge in [-0.05, 0) is 24.0 Å². The van der Waals surface area contributed by atoms with Gasteiger partial charge in [0.25, 0.3) is 0 Å². The molecule has 0 aromatic heterocycles. The van der Waals surface area contributed by atoms with Crippen molar-refractivity contribution in [2.75, 3.05) is 0 Å². The molecule has 100 valence electrons. The highest BCUT2D eigenvalue weighted by Crippen LogP contribution is 2.34. The molecule has 0 spiro atoms. The molecule has 2 heteroatoms. The molecule has 1 aliphatic carbocycles. The van der Waals surface area contributed by atoms with E-state index in [4.69, 9.17) is 0 Å². The second-order valence-electron chi connectivity index (χ2n) is 5.58. The van der Waals surface area contributed by atoms with Crippen molar-refractivity contribution in [1.82, 2.24) is 0 Å². The Bertz CT molecular complexity index is 739. The maximum absolute atomic E-state index is 12.8. The molecular formula is C18H16O2. The first-order valence-corrected chi connectivity index (χ1v) is 6.84. The summed E-state index contributed by atoms with van der Waals surface area (Å²) in [6.45, 7) is 5.98. The second-order valence-corrected chi connectivity index (χ2v) is 5.58. The highest BCUT2D eigenvalue weighted by molar-refractivity contribution is 6.29. The van der Waals surface area contributed by atoms with E-state index >= 15 is 0 Å². The van der Waals surface area contributed by atoms with Crippen molar-refractivity contribution in [3.8, 4) is 0 Å². The molecule has 0 fully saturated rings. The van der Waals surface area contributed by atoms with Crippen LogP contribution in [0, 0.1) is 6.92 Å². The Morgan fingerprint density at radius 1 is 0.800 bits per heavy atom. The smallest absolute Gasteiger partial charge is 0.194 e. The van der Waals surface area contributed by atoms with Crippen LogP contribution in [0.2, 0.25) is 0 Å². The topological polar surface area (TPSA) is 34.1 Å². The lowest BCUT2D eigenvalue weighted by molar-refractivity contribution is 0.0977. The Kier molecular flexibility index (Phi) is 2.82. The average molecular weight is 264 g/mol. The van der Waals surface area contributed by atoms with Crippen LogP contribution in [0.1, 0.15) is 62.7 Å². The van der Waals surface area contributed by atoms with Gasteiger partial charge >= 0.3 is 0 Å². The van der Waals surface area contributed by atoms with Crippen LogP contribution in [0.25, 0.3) is 0 Å². The van der Waals surface area contributed by atoms with Gasteiger partial charge in [-0.25, -0.2) is 0 Å². The van der Waals surface area contributed by atoms with Gasteiger partial charge in [0.05, 0.1) is 0 Å². The highest BCUT2D eigenvalue weighted by atomic mass is 16.1. The number of carbonyl (C=O) groups excluding carboxylic acids is 2. The van der Waals surface area contributed by atoms with Gasteiger partial charge in [0, 0.05) is 22.3 Å². The normalized spacial score (nSPS) is 13.4. The summed E-state index contributed by atoms with van der Waals surface area (Å²) < 4.78 is 0. The fourth-order valence-electron chi connectivity index (χ4n) is 2.89. The van der Waals surface area contributed by atoms with Gasteiger partial charge in [-0.2, -0.15) is 0 Å². The number of aryl methyl sites for hydroxylation is 1. The Balaban J connectivity index is 2.38. The van der Waals surface area contributed by atoms with E-state index in [0.717, 1.165) is 11.1 Å². The third-order valence-corrected chi connectivity index (χ3v) is 3.94. The van der Waals surface area contributed by atoms with E-state index in [1.54, 1.807) is 24.3 Å². The largest absolute Gasteiger partial charge is 0.289 e. The number of rotatable bonds is 1. The van der Waals surface area contributed by atoms with Crippen molar-refractivity contribution in [3.63, 3.8) is 0 Å². The van der Waals surface area contributed by atoms with Crippen molar-refractivity contribution in [2.24, 2.45) is 0 Å². The highest BCUT2D eigenvalue weighted by Gasteiger charge is 2.32. The lowest BCUT2D eigenvalue weighted by Gasteiger charge is -2.23. The Morgan fingerprint density at radius 3 is 1.90 bits per heavy atom. The van der Waals surface area contributed by atoms with Crippen molar-refractivity contribution in [1.29, 1.82) is 0 Å². The van der Waals surface area contributed by atoms with Crippen molar-refractivity contribution >= 4 is 11.6 Å². The summed E-state index contributed by atoms with van der Waals surface area (Å²) in [6.07, 6.45) is 0. The number of fused-ring (bicyclic) bond motifs is 2. The molecule has 0 atom stereocenters. The minimum absolute atomic E-state index is 0.0254. The van der Waals surface area contributed by atoms with Crippen LogP contribution in [0.5, 0.6) is 0 Å². The third-order valence-electron chi connectivity index (χ3n) is 3.94. The molecule has 2 aromatic carbocycles. The Hall–Kier alpha value is -2.22. The van der Waals surface area contributed by atoms with E-state index < -0.39 is 0 Å². The molecule has 0 unspecified atom stereocenters. The standard InChI is InChI=1S/C18H16O2/c1-10(2)12-9-8-11(3)15-16(12)18(20)14-7-5-4-6-13(14)17(15)19/h4-10H,1-3H3. The van der Waals surface area contributed by atoms with Crippen LogP contribution in [-0.2, 0) is 0 Å². The lowest BCUT2D eigenvalue weighted by Crippen LogP contribution is -2.24. The molecule has 0 amide bonds. The van der Waals surface area contributed by atoms with E-state index in [1.807, 2.05) is 32.9 Å². The van der Waals surface area contributed by atoms with E-state index in [9.17, 15) is 9.59 Å². The summed E-state index contributed by atoms with van der Waals surface area (Å²) >= 11 is 0. The van der Waals surface area contributed by atoms with Crippen LogP contribution in [0.4, 0.5) is 0 Å². The summed E-state index contributed by atoms with van der Waals surface area (Å²) in [5.74, 6) is 0.157. The number of benzene rings is 2. The minimum Gasteiger partial charge on any atom is -0.289 e. The number of ketones is 2. The van der Waals surface area contributed by atoms with Crippen LogP contribution in [-0.4, -0.2) is 11.6 Å². The first-order valence-electron chi connectivity index (χ1n) is 6.84. The van der Waals surface area contributed by atoms with Gasteiger partial charge < -0.3 is 0 Å². The maximum atomic E-state index is 12.8. The summed E-state index contributed by atoms with van der Waals surface area (Å²) in [5, 5.41) is 0. The number of hydrogen-bond acceptors (Lipinski definition) is 2. The molecule has 0 radical (unpaired) electrons. The van der Waals surface area contributed by atoms with E-state index in [0.29, 0.717) is 22.3 Å². The zero-order valence-corrected chi connectivity index (χ0v) is 11.9. The van der Waals surface area contributed by atoms with Crippen molar-refractivity contribution in [3.05, 3.63) is 69.8 Å². The molecular weight excluding hydrogens is 248 g/mol. The molecule has 1 aliphatic rings. The van der Waals surface area contributed by atoms with E-state index in [2.05, 4.69) is 0 Å². The zero-order chi connectivity index (χ0) is 14.4. The quantitative estimate of drug-likeness (QED) is 0.668. The SMILES string of the molecule is Cc1ccc(C(C)C)c2c1C(=O)c1ccccc1C2=O. The minimum atomic E-state index is -0.0322. The first-order chi connectivity index (χ1) is 9.52. The molecule has 0 saturated heterocycles. The van der Waals surface area contributed by atoms with Gasteiger partial charge in [0.2, 0.25) is 0 Å². The average Bonchev–Trinajstić information content (AvgIpc) is 2.44. The molecule has 0 heterocycles. The summed E-state index contributed by atoms with van der Waals surface area (Å²) in [7, 11) is 0. The molecule has 0 aliphatic heterocycles. The predicted molar refractivity (Wildman–Crippen MR) is 78.6 cm³/mol. The molecule has 20 heavy (non-hydrogen) atoms. The lowest BCUT2D eigenvalue weighted by atomic mass is 9.78. The number of carbonyl (C=O) groups is 2. The zero-order valence-electron chi connectivity index (χ0n) is 11.9. The Labute approximate surface area is 118 Å². The molecule has 0 bridgehead atoms. The Morgan fingerprint density at radius 2 is 1.35 bits per heavy atom. The molecule has 0 saturated carbocycles. The molecule has 2 nitrogen and oxygen atoms in total. The number of hydrogen-bond donors (Lipinski definition) is 0. The predicted octanol–water partition coefficient (Wildman–Crippen LogP) is 3.89. The van der Waals surface area contributed by atoms with Crippen LogP contribution in [0.3, 0.4) is 0 Å². The summed E-state index contributed by atoms with van der Waals surface area (Å²) in [6, 6.07) is 11.0. The van der Waals surface area contributed by atoms with Crippen LogP contribution >= 0.6 is 0 Å². The monoisotopic (exact) mass is 264 g/mol. The molecule has 2 aromatic rings. The maximum Gasteiger partial charge on any atom is 0.194 e. The fourth-order valence-corrected chi connectivity index (χ4v) is 2.89. The van der Waals surface area contributed by atoms with Crippen molar-refractivity contribution < 1.29 is 9.59 Å².